The molecule has 1 saturated heterocycles. The fraction of sp³-hybridized carbons (Fsp3) is 0.706. The molecule has 20 heavy (non-hydrogen) atoms. The zero-order valence-electron chi connectivity index (χ0n) is 13.6. The van der Waals surface area contributed by atoms with Crippen LogP contribution in [0.1, 0.15) is 45.5 Å². The average Bonchev–Trinajstić information content (AvgIpc) is 2.37. The largest absolute Gasteiger partial charge is 0.309 e. The van der Waals surface area contributed by atoms with Crippen LogP contribution in [0.5, 0.6) is 0 Å². The van der Waals surface area contributed by atoms with Crippen molar-refractivity contribution in [1.82, 2.24) is 15.2 Å². The van der Waals surface area contributed by atoms with Crippen LogP contribution in [0.4, 0.5) is 0 Å². The fourth-order valence-corrected chi connectivity index (χ4v) is 3.09. The van der Waals surface area contributed by atoms with Gasteiger partial charge in [-0.15, -0.1) is 0 Å². The maximum atomic E-state index is 4.67. The highest BCUT2D eigenvalue weighted by Gasteiger charge is 2.34. The Balaban J connectivity index is 2.14. The number of nitrogens with one attached hydrogen (secondary N) is 1. The lowest BCUT2D eigenvalue weighted by Gasteiger charge is -2.46. The number of hydrogen-bond acceptors (Lipinski definition) is 3. The predicted octanol–water partition coefficient (Wildman–Crippen LogP) is 2.99. The van der Waals surface area contributed by atoms with Crippen molar-refractivity contribution in [2.45, 2.75) is 59.2 Å². The number of nitrogens with zero attached hydrogens (tertiary/aromatic N) is 2. The minimum absolute atomic E-state index is 0.188. The maximum Gasteiger partial charge on any atom is 0.0547 e. The highest BCUT2D eigenvalue weighted by atomic mass is 15.3. The molecule has 2 rings (SSSR count). The van der Waals surface area contributed by atoms with Crippen LogP contribution < -0.4 is 5.32 Å². The molecular formula is C17H29N3. The van der Waals surface area contributed by atoms with Crippen LogP contribution in [0.25, 0.3) is 0 Å². The van der Waals surface area contributed by atoms with Crippen molar-refractivity contribution in [3.8, 4) is 0 Å². The fourth-order valence-electron chi connectivity index (χ4n) is 3.09. The minimum atomic E-state index is 0.188. The monoisotopic (exact) mass is 275 g/mol. The summed E-state index contributed by atoms with van der Waals surface area (Å²) >= 11 is 0. The molecule has 1 aromatic heterocycles. The van der Waals surface area contributed by atoms with Gasteiger partial charge in [0.05, 0.1) is 5.69 Å². The number of hydrogen-bond donors (Lipinski definition) is 1. The minimum Gasteiger partial charge on any atom is -0.309 e. The lowest BCUT2D eigenvalue weighted by atomic mass is 9.90. The number of rotatable bonds is 4. The molecule has 2 unspecified atom stereocenters. The molecule has 1 aliphatic heterocycles. The molecule has 1 aromatic rings. The van der Waals surface area contributed by atoms with E-state index in [1.54, 1.807) is 0 Å². The van der Waals surface area contributed by atoms with Crippen molar-refractivity contribution in [2.75, 3.05) is 13.1 Å². The van der Waals surface area contributed by atoms with Crippen molar-refractivity contribution in [1.29, 1.82) is 0 Å². The first kappa shape index (κ1) is 15.5. The first-order valence-corrected chi connectivity index (χ1v) is 7.83. The standard InChI is InChI=1S/C17H29N3/c1-6-13(2)16-10-18-17(4,5)12-20(16)11-15-9-7-8-14(3)19-15/h7-9,13,16,18H,6,10-12H2,1-5H3. The van der Waals surface area contributed by atoms with Crippen LogP contribution in [0.3, 0.4) is 0 Å². The Morgan fingerprint density at radius 3 is 2.85 bits per heavy atom. The van der Waals surface area contributed by atoms with E-state index in [4.69, 9.17) is 0 Å². The van der Waals surface area contributed by atoms with Gasteiger partial charge in [-0.05, 0) is 38.8 Å². The van der Waals surface area contributed by atoms with Gasteiger partial charge in [0, 0.05) is 36.9 Å². The second kappa shape index (κ2) is 6.23. The van der Waals surface area contributed by atoms with Crippen LogP contribution in [-0.4, -0.2) is 34.6 Å². The second-order valence-corrected chi connectivity index (χ2v) is 6.89. The maximum absolute atomic E-state index is 4.67. The van der Waals surface area contributed by atoms with E-state index in [0.29, 0.717) is 12.0 Å². The number of aryl methyl sites for hydroxylation is 1. The zero-order valence-corrected chi connectivity index (χ0v) is 13.6. The summed E-state index contributed by atoms with van der Waals surface area (Å²) in [6.45, 7) is 14.4. The topological polar surface area (TPSA) is 28.2 Å². The highest BCUT2D eigenvalue weighted by Crippen LogP contribution is 2.23. The van der Waals surface area contributed by atoms with Gasteiger partial charge in [-0.25, -0.2) is 0 Å². The summed E-state index contributed by atoms with van der Waals surface area (Å²) in [6, 6.07) is 6.94. The van der Waals surface area contributed by atoms with Crippen LogP contribution in [0.2, 0.25) is 0 Å². The molecule has 1 fully saturated rings. The zero-order chi connectivity index (χ0) is 14.8. The molecule has 0 amide bonds. The van der Waals surface area contributed by atoms with Gasteiger partial charge in [0.1, 0.15) is 0 Å². The molecule has 0 radical (unpaired) electrons. The van der Waals surface area contributed by atoms with Crippen LogP contribution in [-0.2, 0) is 6.54 Å². The number of pyridine rings is 1. The Morgan fingerprint density at radius 1 is 1.45 bits per heavy atom. The summed E-state index contributed by atoms with van der Waals surface area (Å²) in [5.41, 5.74) is 2.49. The van der Waals surface area contributed by atoms with Crippen molar-refractivity contribution >= 4 is 0 Å². The SMILES string of the molecule is CCC(C)C1CNC(C)(C)CN1Cc1cccc(C)n1. The Hall–Kier alpha value is -0.930. The van der Waals surface area contributed by atoms with E-state index < -0.39 is 0 Å². The Morgan fingerprint density at radius 2 is 2.20 bits per heavy atom. The summed E-state index contributed by atoms with van der Waals surface area (Å²) in [5, 5.41) is 3.69. The molecule has 3 nitrogen and oxygen atoms in total. The summed E-state index contributed by atoms with van der Waals surface area (Å²) in [6.07, 6.45) is 1.23. The van der Waals surface area contributed by atoms with Gasteiger partial charge < -0.3 is 5.32 Å². The molecule has 2 atom stereocenters. The molecule has 3 heteroatoms. The van der Waals surface area contributed by atoms with Crippen LogP contribution in [0.15, 0.2) is 18.2 Å². The van der Waals surface area contributed by atoms with E-state index in [1.807, 2.05) is 0 Å². The lowest BCUT2D eigenvalue weighted by molar-refractivity contribution is 0.0561. The Bertz CT molecular complexity index is 442. The quantitative estimate of drug-likeness (QED) is 0.915. The van der Waals surface area contributed by atoms with E-state index in [-0.39, 0.29) is 5.54 Å². The molecule has 2 heterocycles. The molecule has 1 N–H and O–H groups in total. The average molecular weight is 275 g/mol. The van der Waals surface area contributed by atoms with Gasteiger partial charge in [-0.3, -0.25) is 9.88 Å². The Kier molecular flexibility index (Phi) is 4.82. The third kappa shape index (κ3) is 3.80. The predicted molar refractivity (Wildman–Crippen MR) is 84.7 cm³/mol. The van der Waals surface area contributed by atoms with Gasteiger partial charge >= 0.3 is 0 Å². The molecular weight excluding hydrogens is 246 g/mol. The van der Waals surface area contributed by atoms with Crippen molar-refractivity contribution < 1.29 is 0 Å². The summed E-state index contributed by atoms with van der Waals surface area (Å²) in [7, 11) is 0. The smallest absolute Gasteiger partial charge is 0.0547 e. The van der Waals surface area contributed by atoms with Crippen molar-refractivity contribution in [3.05, 3.63) is 29.6 Å². The third-order valence-corrected chi connectivity index (χ3v) is 4.47. The molecule has 0 spiro atoms. The summed E-state index contributed by atoms with van der Waals surface area (Å²) < 4.78 is 0. The second-order valence-electron chi connectivity index (χ2n) is 6.89. The van der Waals surface area contributed by atoms with Gasteiger partial charge in [0.15, 0.2) is 0 Å². The first-order chi connectivity index (χ1) is 9.41. The van der Waals surface area contributed by atoms with Gasteiger partial charge in [-0.2, -0.15) is 0 Å². The van der Waals surface area contributed by atoms with E-state index >= 15 is 0 Å². The molecule has 0 bridgehead atoms. The van der Waals surface area contributed by atoms with E-state index in [9.17, 15) is 0 Å². The lowest BCUT2D eigenvalue weighted by Crippen LogP contribution is -2.62. The summed E-state index contributed by atoms with van der Waals surface area (Å²) in [5.74, 6) is 0.711. The Labute approximate surface area is 123 Å². The highest BCUT2D eigenvalue weighted by molar-refractivity contribution is 5.10. The normalized spacial score (nSPS) is 24.6. The van der Waals surface area contributed by atoms with E-state index in [2.05, 4.69) is 68.0 Å². The van der Waals surface area contributed by atoms with Crippen molar-refractivity contribution in [2.24, 2.45) is 5.92 Å². The van der Waals surface area contributed by atoms with E-state index in [0.717, 1.165) is 25.3 Å². The van der Waals surface area contributed by atoms with Gasteiger partial charge in [0.2, 0.25) is 0 Å². The van der Waals surface area contributed by atoms with Crippen molar-refractivity contribution in [3.63, 3.8) is 0 Å². The van der Waals surface area contributed by atoms with Gasteiger partial charge in [-0.1, -0.05) is 26.3 Å². The third-order valence-electron chi connectivity index (χ3n) is 4.47. The molecule has 0 aromatic carbocycles. The first-order valence-electron chi connectivity index (χ1n) is 7.83. The molecule has 112 valence electrons. The van der Waals surface area contributed by atoms with Crippen LogP contribution in [0, 0.1) is 12.8 Å². The molecule has 1 aliphatic rings. The number of aromatic nitrogens is 1. The molecule has 0 aliphatic carbocycles. The van der Waals surface area contributed by atoms with Crippen LogP contribution >= 0.6 is 0 Å². The van der Waals surface area contributed by atoms with Gasteiger partial charge in [0.25, 0.3) is 0 Å². The molecule has 0 saturated carbocycles. The number of piperazine rings is 1. The summed E-state index contributed by atoms with van der Waals surface area (Å²) in [4.78, 5) is 7.29. The van der Waals surface area contributed by atoms with E-state index in [1.165, 1.54) is 12.1 Å².